The maximum atomic E-state index is 4.48. The Bertz CT molecular complexity index is 329. The van der Waals surface area contributed by atoms with E-state index in [-0.39, 0.29) is 5.41 Å². The highest BCUT2D eigenvalue weighted by Gasteiger charge is 2.19. The summed E-state index contributed by atoms with van der Waals surface area (Å²) in [5.41, 5.74) is 1.42. The van der Waals surface area contributed by atoms with Gasteiger partial charge in [0, 0.05) is 17.3 Å². The zero-order chi connectivity index (χ0) is 11.6. The van der Waals surface area contributed by atoms with Gasteiger partial charge in [0.2, 0.25) is 0 Å². The number of rotatable bonds is 2. The summed E-state index contributed by atoms with van der Waals surface area (Å²) in [4.78, 5) is 7.94. The maximum absolute atomic E-state index is 4.48. The van der Waals surface area contributed by atoms with Crippen molar-refractivity contribution < 1.29 is 0 Å². The summed E-state index contributed by atoms with van der Waals surface area (Å²) in [6.45, 7) is 8.92. The molecule has 1 saturated heterocycles. The number of imidazole rings is 1. The molecule has 0 aliphatic carbocycles. The SMILES string of the molecule is CC(C)(C)c1ncc(CC2CCCNC2)[nH]1. The molecule has 1 atom stereocenters. The van der Waals surface area contributed by atoms with Crippen molar-refractivity contribution in [3.8, 4) is 0 Å². The Balaban J connectivity index is 1.97. The third kappa shape index (κ3) is 2.85. The molecular formula is C13H23N3. The van der Waals surface area contributed by atoms with Crippen LogP contribution in [0.15, 0.2) is 6.20 Å². The van der Waals surface area contributed by atoms with Gasteiger partial charge in [-0.3, -0.25) is 0 Å². The van der Waals surface area contributed by atoms with E-state index in [1.54, 1.807) is 0 Å². The molecule has 1 unspecified atom stereocenters. The normalized spacial score (nSPS) is 22.3. The summed E-state index contributed by atoms with van der Waals surface area (Å²) in [6, 6.07) is 0. The van der Waals surface area contributed by atoms with E-state index in [0.717, 1.165) is 24.7 Å². The third-order valence-electron chi connectivity index (χ3n) is 3.25. The van der Waals surface area contributed by atoms with Crippen molar-refractivity contribution in [1.82, 2.24) is 15.3 Å². The quantitative estimate of drug-likeness (QED) is 0.804. The second-order valence-corrected chi connectivity index (χ2v) is 5.92. The fourth-order valence-corrected chi connectivity index (χ4v) is 2.25. The smallest absolute Gasteiger partial charge is 0.111 e. The minimum atomic E-state index is 0.128. The molecule has 0 bridgehead atoms. The minimum absolute atomic E-state index is 0.128. The van der Waals surface area contributed by atoms with E-state index in [2.05, 4.69) is 36.1 Å². The van der Waals surface area contributed by atoms with Gasteiger partial charge in [0.05, 0.1) is 0 Å². The third-order valence-corrected chi connectivity index (χ3v) is 3.25. The second-order valence-electron chi connectivity index (χ2n) is 5.92. The van der Waals surface area contributed by atoms with Crippen molar-refractivity contribution in [2.75, 3.05) is 13.1 Å². The highest BCUT2D eigenvalue weighted by Crippen LogP contribution is 2.20. The van der Waals surface area contributed by atoms with Crippen LogP contribution in [0.3, 0.4) is 0 Å². The van der Waals surface area contributed by atoms with Crippen molar-refractivity contribution in [3.63, 3.8) is 0 Å². The Kier molecular flexibility index (Phi) is 3.33. The van der Waals surface area contributed by atoms with Crippen LogP contribution >= 0.6 is 0 Å². The molecule has 0 aromatic carbocycles. The van der Waals surface area contributed by atoms with E-state index < -0.39 is 0 Å². The Morgan fingerprint density at radius 3 is 2.81 bits per heavy atom. The van der Waals surface area contributed by atoms with Crippen LogP contribution in [-0.2, 0) is 11.8 Å². The Morgan fingerprint density at radius 2 is 2.25 bits per heavy atom. The van der Waals surface area contributed by atoms with Crippen LogP contribution in [-0.4, -0.2) is 23.1 Å². The maximum Gasteiger partial charge on any atom is 0.111 e. The molecule has 0 radical (unpaired) electrons. The van der Waals surface area contributed by atoms with Gasteiger partial charge in [-0.1, -0.05) is 20.8 Å². The molecule has 0 saturated carbocycles. The van der Waals surface area contributed by atoms with E-state index in [9.17, 15) is 0 Å². The van der Waals surface area contributed by atoms with Gasteiger partial charge in [-0.25, -0.2) is 4.98 Å². The summed E-state index contributed by atoms with van der Waals surface area (Å²) < 4.78 is 0. The number of nitrogens with one attached hydrogen (secondary N) is 2. The molecular weight excluding hydrogens is 198 g/mol. The first-order valence-electron chi connectivity index (χ1n) is 6.31. The van der Waals surface area contributed by atoms with Crippen LogP contribution in [0.5, 0.6) is 0 Å². The number of piperidine rings is 1. The molecule has 1 aliphatic heterocycles. The first kappa shape index (κ1) is 11.6. The zero-order valence-electron chi connectivity index (χ0n) is 10.6. The summed E-state index contributed by atoms with van der Waals surface area (Å²) in [5, 5.41) is 3.46. The van der Waals surface area contributed by atoms with Crippen molar-refractivity contribution in [2.45, 2.75) is 45.4 Å². The number of aromatic amines is 1. The number of hydrogen-bond donors (Lipinski definition) is 2. The predicted molar refractivity (Wildman–Crippen MR) is 66.6 cm³/mol. The monoisotopic (exact) mass is 221 g/mol. The average molecular weight is 221 g/mol. The van der Waals surface area contributed by atoms with Crippen LogP contribution in [0.1, 0.15) is 45.1 Å². The molecule has 0 amide bonds. The molecule has 2 N–H and O–H groups in total. The molecule has 1 fully saturated rings. The van der Waals surface area contributed by atoms with Gasteiger partial charge in [-0.2, -0.15) is 0 Å². The van der Waals surface area contributed by atoms with Gasteiger partial charge < -0.3 is 10.3 Å². The lowest BCUT2D eigenvalue weighted by atomic mass is 9.94. The lowest BCUT2D eigenvalue weighted by molar-refractivity contribution is 0.373. The largest absolute Gasteiger partial charge is 0.345 e. The first-order valence-corrected chi connectivity index (χ1v) is 6.31. The fraction of sp³-hybridized carbons (Fsp3) is 0.769. The summed E-state index contributed by atoms with van der Waals surface area (Å²) >= 11 is 0. The minimum Gasteiger partial charge on any atom is -0.345 e. The number of aromatic nitrogens is 2. The second kappa shape index (κ2) is 4.58. The van der Waals surface area contributed by atoms with Crippen LogP contribution in [0, 0.1) is 5.92 Å². The molecule has 1 aliphatic rings. The highest BCUT2D eigenvalue weighted by molar-refractivity contribution is 5.09. The molecule has 3 nitrogen and oxygen atoms in total. The lowest BCUT2D eigenvalue weighted by Gasteiger charge is -2.22. The molecule has 16 heavy (non-hydrogen) atoms. The van der Waals surface area contributed by atoms with Gasteiger partial charge in [0.15, 0.2) is 0 Å². The molecule has 2 rings (SSSR count). The van der Waals surface area contributed by atoms with E-state index in [0.29, 0.717) is 0 Å². The summed E-state index contributed by atoms with van der Waals surface area (Å²) in [5.74, 6) is 1.88. The highest BCUT2D eigenvalue weighted by atomic mass is 14.9. The van der Waals surface area contributed by atoms with Crippen molar-refractivity contribution in [3.05, 3.63) is 17.7 Å². The van der Waals surface area contributed by atoms with Crippen LogP contribution in [0.2, 0.25) is 0 Å². The van der Waals surface area contributed by atoms with Crippen molar-refractivity contribution in [2.24, 2.45) is 5.92 Å². The van der Waals surface area contributed by atoms with E-state index >= 15 is 0 Å². The number of H-pyrrole nitrogens is 1. The zero-order valence-corrected chi connectivity index (χ0v) is 10.6. The van der Waals surface area contributed by atoms with Gasteiger partial charge in [-0.05, 0) is 38.3 Å². The standard InChI is InChI=1S/C13H23N3/c1-13(2,3)12-15-9-11(16-12)7-10-5-4-6-14-8-10/h9-10,14H,4-8H2,1-3H3,(H,15,16). The molecule has 1 aromatic rings. The van der Waals surface area contributed by atoms with E-state index in [4.69, 9.17) is 0 Å². The summed E-state index contributed by atoms with van der Waals surface area (Å²) in [6.07, 6.45) is 5.80. The molecule has 90 valence electrons. The Morgan fingerprint density at radius 1 is 1.44 bits per heavy atom. The fourth-order valence-electron chi connectivity index (χ4n) is 2.25. The van der Waals surface area contributed by atoms with Crippen LogP contribution in [0.4, 0.5) is 0 Å². The topological polar surface area (TPSA) is 40.7 Å². The van der Waals surface area contributed by atoms with Crippen molar-refractivity contribution in [1.29, 1.82) is 0 Å². The van der Waals surface area contributed by atoms with Gasteiger partial charge in [0.25, 0.3) is 0 Å². The van der Waals surface area contributed by atoms with Crippen molar-refractivity contribution >= 4 is 0 Å². The van der Waals surface area contributed by atoms with Gasteiger partial charge >= 0.3 is 0 Å². The first-order chi connectivity index (χ1) is 7.55. The van der Waals surface area contributed by atoms with Gasteiger partial charge in [-0.15, -0.1) is 0 Å². The number of nitrogens with zero attached hydrogens (tertiary/aromatic N) is 1. The van der Waals surface area contributed by atoms with E-state index in [1.165, 1.54) is 25.1 Å². The van der Waals surface area contributed by atoms with Crippen LogP contribution in [0.25, 0.3) is 0 Å². The lowest BCUT2D eigenvalue weighted by Crippen LogP contribution is -2.30. The van der Waals surface area contributed by atoms with E-state index in [1.807, 2.05) is 6.20 Å². The number of hydrogen-bond acceptors (Lipinski definition) is 2. The van der Waals surface area contributed by atoms with Gasteiger partial charge in [0.1, 0.15) is 5.82 Å². The molecule has 3 heteroatoms. The summed E-state index contributed by atoms with van der Waals surface area (Å²) in [7, 11) is 0. The predicted octanol–water partition coefficient (Wildman–Crippen LogP) is 2.25. The molecule has 2 heterocycles. The average Bonchev–Trinajstić information content (AvgIpc) is 2.67. The van der Waals surface area contributed by atoms with Crippen LogP contribution < -0.4 is 5.32 Å². The Hall–Kier alpha value is -0.830. The molecule has 1 aromatic heterocycles. The molecule has 0 spiro atoms. The Labute approximate surface area is 98.1 Å².